The van der Waals surface area contributed by atoms with Gasteiger partial charge < -0.3 is 10.1 Å². The maximum Gasteiger partial charge on any atom is 0.251 e. The van der Waals surface area contributed by atoms with E-state index in [1.807, 2.05) is 0 Å². The smallest absolute Gasteiger partial charge is 0.251 e. The monoisotopic (exact) mass is 275 g/mol. The number of alkyl halides is 1. The van der Waals surface area contributed by atoms with Crippen LogP contribution in [0, 0.1) is 0 Å². The molecule has 1 atom stereocenters. The third-order valence-corrected chi connectivity index (χ3v) is 2.76. The van der Waals surface area contributed by atoms with Crippen molar-refractivity contribution in [3.63, 3.8) is 0 Å². The van der Waals surface area contributed by atoms with E-state index in [0.29, 0.717) is 30.2 Å². The molecule has 1 aromatic rings. The van der Waals surface area contributed by atoms with Gasteiger partial charge in [-0.15, -0.1) is 11.6 Å². The maximum atomic E-state index is 11.7. The van der Waals surface area contributed by atoms with Crippen LogP contribution >= 0.6 is 23.2 Å². The van der Waals surface area contributed by atoms with Gasteiger partial charge >= 0.3 is 0 Å². The number of hydrogen-bond acceptors (Lipinski definition) is 2. The molecule has 0 aliphatic carbocycles. The largest absolute Gasteiger partial charge is 0.383 e. The van der Waals surface area contributed by atoms with Crippen LogP contribution in [0.25, 0.3) is 0 Å². The average molecular weight is 276 g/mol. The fourth-order valence-electron chi connectivity index (χ4n) is 1.34. The summed E-state index contributed by atoms with van der Waals surface area (Å²) in [5.74, 6) is -0.145. The van der Waals surface area contributed by atoms with Crippen LogP contribution in [0.3, 0.4) is 0 Å². The molecule has 1 rings (SSSR count). The molecule has 1 amide bonds. The summed E-state index contributed by atoms with van der Waals surface area (Å²) in [6, 6.07) is 6.82. The van der Waals surface area contributed by atoms with Gasteiger partial charge in [0.2, 0.25) is 0 Å². The molecule has 1 N–H and O–H groups in total. The van der Waals surface area contributed by atoms with E-state index in [1.54, 1.807) is 31.4 Å². The van der Waals surface area contributed by atoms with Gasteiger partial charge in [0.05, 0.1) is 12.0 Å². The number of hydrogen-bond donors (Lipinski definition) is 1. The van der Waals surface area contributed by atoms with E-state index in [2.05, 4.69) is 5.32 Å². The SMILES string of the molecule is COCC(Cl)CCNC(=O)c1cccc(Cl)c1. The van der Waals surface area contributed by atoms with Crippen LogP contribution in [0.4, 0.5) is 0 Å². The summed E-state index contributed by atoms with van der Waals surface area (Å²) in [5, 5.41) is 3.24. The number of benzene rings is 1. The van der Waals surface area contributed by atoms with Crippen molar-refractivity contribution in [2.24, 2.45) is 0 Å². The van der Waals surface area contributed by atoms with Gasteiger partial charge in [-0.2, -0.15) is 0 Å². The van der Waals surface area contributed by atoms with Crippen LogP contribution in [-0.2, 0) is 4.74 Å². The lowest BCUT2D eigenvalue weighted by Crippen LogP contribution is -2.27. The number of rotatable bonds is 6. The molecule has 17 heavy (non-hydrogen) atoms. The molecular formula is C12H15Cl2NO2. The third kappa shape index (κ3) is 5.39. The molecule has 0 radical (unpaired) electrons. The maximum absolute atomic E-state index is 11.7. The summed E-state index contributed by atoms with van der Waals surface area (Å²) < 4.78 is 4.90. The average Bonchev–Trinajstić information content (AvgIpc) is 2.29. The highest BCUT2D eigenvalue weighted by atomic mass is 35.5. The van der Waals surface area contributed by atoms with Crippen molar-refractivity contribution in [1.82, 2.24) is 5.32 Å². The molecule has 5 heteroatoms. The second-order valence-electron chi connectivity index (χ2n) is 3.61. The Morgan fingerprint density at radius 3 is 2.94 bits per heavy atom. The zero-order valence-electron chi connectivity index (χ0n) is 9.58. The Kier molecular flexibility index (Phi) is 6.34. The number of methoxy groups -OCH3 is 1. The van der Waals surface area contributed by atoms with Crippen LogP contribution in [-0.4, -0.2) is 31.5 Å². The van der Waals surface area contributed by atoms with Crippen molar-refractivity contribution in [3.8, 4) is 0 Å². The molecule has 94 valence electrons. The minimum absolute atomic E-state index is 0.0836. The standard InChI is InChI=1S/C12H15Cl2NO2/c1-17-8-11(14)5-6-15-12(16)9-3-2-4-10(13)7-9/h2-4,7,11H,5-6,8H2,1H3,(H,15,16). The Balaban J connectivity index is 2.35. The first-order valence-electron chi connectivity index (χ1n) is 5.30. The number of carbonyl (C=O) groups excluding carboxylic acids is 1. The lowest BCUT2D eigenvalue weighted by atomic mass is 10.2. The highest BCUT2D eigenvalue weighted by Crippen LogP contribution is 2.10. The van der Waals surface area contributed by atoms with Crippen molar-refractivity contribution in [3.05, 3.63) is 34.9 Å². The second-order valence-corrected chi connectivity index (χ2v) is 4.66. The van der Waals surface area contributed by atoms with E-state index in [-0.39, 0.29) is 11.3 Å². The Morgan fingerprint density at radius 2 is 2.29 bits per heavy atom. The first-order chi connectivity index (χ1) is 8.13. The molecular weight excluding hydrogens is 261 g/mol. The van der Waals surface area contributed by atoms with E-state index < -0.39 is 0 Å². The molecule has 1 aromatic carbocycles. The zero-order chi connectivity index (χ0) is 12.7. The van der Waals surface area contributed by atoms with Gasteiger partial charge in [-0.1, -0.05) is 17.7 Å². The van der Waals surface area contributed by atoms with Crippen molar-refractivity contribution in [2.45, 2.75) is 11.8 Å². The van der Waals surface area contributed by atoms with Crippen LogP contribution in [0.5, 0.6) is 0 Å². The van der Waals surface area contributed by atoms with E-state index in [9.17, 15) is 4.79 Å². The second kappa shape index (κ2) is 7.54. The topological polar surface area (TPSA) is 38.3 Å². The molecule has 0 saturated carbocycles. The van der Waals surface area contributed by atoms with Crippen LogP contribution in [0.15, 0.2) is 24.3 Å². The van der Waals surface area contributed by atoms with Gasteiger partial charge in [0.1, 0.15) is 0 Å². The van der Waals surface area contributed by atoms with Gasteiger partial charge in [0, 0.05) is 24.2 Å². The van der Waals surface area contributed by atoms with E-state index in [1.165, 1.54) is 0 Å². The molecule has 0 bridgehead atoms. The zero-order valence-corrected chi connectivity index (χ0v) is 11.1. The van der Waals surface area contributed by atoms with Crippen molar-refractivity contribution in [1.29, 1.82) is 0 Å². The quantitative estimate of drug-likeness (QED) is 0.811. The summed E-state index contributed by atoms with van der Waals surface area (Å²) in [6.07, 6.45) is 0.668. The summed E-state index contributed by atoms with van der Waals surface area (Å²) in [4.78, 5) is 11.7. The normalized spacial score (nSPS) is 12.2. The number of halogens is 2. The lowest BCUT2D eigenvalue weighted by Gasteiger charge is -2.09. The minimum atomic E-state index is -0.145. The number of ether oxygens (including phenoxy) is 1. The molecule has 0 fully saturated rings. The predicted octanol–water partition coefficient (Wildman–Crippen LogP) is 2.71. The molecule has 0 aliphatic heterocycles. The van der Waals surface area contributed by atoms with Crippen molar-refractivity contribution in [2.75, 3.05) is 20.3 Å². The van der Waals surface area contributed by atoms with Gasteiger partial charge in [0.25, 0.3) is 5.91 Å². The summed E-state index contributed by atoms with van der Waals surface area (Å²) in [6.45, 7) is 0.997. The summed E-state index contributed by atoms with van der Waals surface area (Å²) in [5.41, 5.74) is 0.551. The van der Waals surface area contributed by atoms with Gasteiger partial charge in [0.15, 0.2) is 0 Å². The molecule has 3 nitrogen and oxygen atoms in total. The Labute approximate surface area is 111 Å². The molecule has 1 unspecified atom stereocenters. The van der Waals surface area contributed by atoms with Gasteiger partial charge in [-0.25, -0.2) is 0 Å². The fourth-order valence-corrected chi connectivity index (χ4v) is 1.76. The van der Waals surface area contributed by atoms with E-state index >= 15 is 0 Å². The Bertz CT molecular complexity index is 371. The molecule has 0 saturated heterocycles. The Morgan fingerprint density at radius 1 is 1.53 bits per heavy atom. The van der Waals surface area contributed by atoms with Crippen molar-refractivity contribution < 1.29 is 9.53 Å². The molecule has 0 aliphatic rings. The lowest BCUT2D eigenvalue weighted by molar-refractivity contribution is 0.0951. The number of amides is 1. The Hall–Kier alpha value is -0.770. The van der Waals surface area contributed by atoms with Gasteiger partial charge in [-0.05, 0) is 24.6 Å². The highest BCUT2D eigenvalue weighted by molar-refractivity contribution is 6.30. The first-order valence-corrected chi connectivity index (χ1v) is 6.11. The minimum Gasteiger partial charge on any atom is -0.383 e. The third-order valence-electron chi connectivity index (χ3n) is 2.18. The number of carbonyl (C=O) groups is 1. The molecule has 0 aromatic heterocycles. The molecule has 0 spiro atoms. The van der Waals surface area contributed by atoms with Crippen molar-refractivity contribution >= 4 is 29.1 Å². The first kappa shape index (κ1) is 14.3. The van der Waals surface area contributed by atoms with E-state index in [0.717, 1.165) is 0 Å². The summed E-state index contributed by atoms with van der Waals surface area (Å²) >= 11 is 11.7. The predicted molar refractivity (Wildman–Crippen MR) is 69.9 cm³/mol. The van der Waals surface area contributed by atoms with E-state index in [4.69, 9.17) is 27.9 Å². The van der Waals surface area contributed by atoms with Crippen LogP contribution < -0.4 is 5.32 Å². The van der Waals surface area contributed by atoms with Crippen LogP contribution in [0.2, 0.25) is 5.02 Å². The number of nitrogens with one attached hydrogen (secondary N) is 1. The fraction of sp³-hybridized carbons (Fsp3) is 0.417. The summed E-state index contributed by atoms with van der Waals surface area (Å²) in [7, 11) is 1.60. The molecule has 0 heterocycles. The highest BCUT2D eigenvalue weighted by Gasteiger charge is 2.07. The van der Waals surface area contributed by atoms with Gasteiger partial charge in [-0.3, -0.25) is 4.79 Å². The van der Waals surface area contributed by atoms with Crippen LogP contribution in [0.1, 0.15) is 16.8 Å².